The van der Waals surface area contributed by atoms with E-state index in [0.29, 0.717) is 22.6 Å². The van der Waals surface area contributed by atoms with Crippen LogP contribution in [0, 0.1) is 5.92 Å². The Balaban J connectivity index is 1.71. The quantitative estimate of drug-likeness (QED) is 0.185. The van der Waals surface area contributed by atoms with Gasteiger partial charge in [0.05, 0.1) is 11.4 Å². The van der Waals surface area contributed by atoms with Crippen LogP contribution in [0.5, 0.6) is 5.75 Å². The SMILES string of the molecule is CSc1ccc(NC(=O)O[C@H](c2ccc(O)cc2)[C@@H](C)/C=C/C(=O)Nc2ccccc2N)cc1. The lowest BCUT2D eigenvalue weighted by atomic mass is 9.96. The van der Waals surface area contributed by atoms with Crippen LogP contribution in [0.1, 0.15) is 18.6 Å². The Morgan fingerprint density at radius 1 is 1.00 bits per heavy atom. The highest BCUT2D eigenvalue weighted by atomic mass is 32.2. The average molecular weight is 478 g/mol. The second kappa shape index (κ2) is 11.8. The van der Waals surface area contributed by atoms with Crippen molar-refractivity contribution >= 4 is 40.8 Å². The molecule has 0 aliphatic heterocycles. The van der Waals surface area contributed by atoms with Crippen LogP contribution in [0.3, 0.4) is 0 Å². The minimum atomic E-state index is -0.697. The standard InChI is InChI=1S/C26H27N3O4S/c1-17(7-16-24(31)29-23-6-4-3-5-22(23)27)25(18-8-12-20(30)13-9-18)33-26(32)28-19-10-14-21(34-2)15-11-19/h3-17,25,30H,27H2,1-2H3,(H,28,32)(H,29,31)/b16-7+/t17-,25-/m0/s1. The number of para-hydroxylation sites is 2. The molecule has 0 radical (unpaired) electrons. The molecular weight excluding hydrogens is 450 g/mol. The molecule has 176 valence electrons. The Morgan fingerprint density at radius 2 is 1.68 bits per heavy atom. The van der Waals surface area contributed by atoms with E-state index in [1.807, 2.05) is 25.3 Å². The maximum absolute atomic E-state index is 12.6. The maximum Gasteiger partial charge on any atom is 0.412 e. The van der Waals surface area contributed by atoms with E-state index in [9.17, 15) is 14.7 Å². The first-order valence-corrected chi connectivity index (χ1v) is 11.8. The lowest BCUT2D eigenvalue weighted by Gasteiger charge is -2.23. The monoisotopic (exact) mass is 477 g/mol. The molecule has 7 nitrogen and oxygen atoms in total. The van der Waals surface area contributed by atoms with E-state index in [1.54, 1.807) is 66.4 Å². The summed E-state index contributed by atoms with van der Waals surface area (Å²) in [6.07, 6.45) is 3.69. The minimum Gasteiger partial charge on any atom is -0.508 e. The molecule has 2 atom stereocenters. The zero-order valence-electron chi connectivity index (χ0n) is 18.9. The van der Waals surface area contributed by atoms with E-state index in [-0.39, 0.29) is 17.6 Å². The van der Waals surface area contributed by atoms with Crippen LogP contribution in [0.2, 0.25) is 0 Å². The molecular formula is C26H27N3O4S. The van der Waals surface area contributed by atoms with Crippen LogP contribution in [0.15, 0.2) is 89.8 Å². The third-order valence-corrected chi connectivity index (χ3v) is 5.78. The number of ether oxygens (including phenoxy) is 1. The summed E-state index contributed by atoms with van der Waals surface area (Å²) in [6.45, 7) is 1.83. The summed E-state index contributed by atoms with van der Waals surface area (Å²) in [5.41, 5.74) is 8.13. The summed E-state index contributed by atoms with van der Waals surface area (Å²) in [5.74, 6) is -0.607. The highest BCUT2D eigenvalue weighted by Gasteiger charge is 2.22. The van der Waals surface area contributed by atoms with Gasteiger partial charge >= 0.3 is 6.09 Å². The number of hydrogen-bond donors (Lipinski definition) is 4. The van der Waals surface area contributed by atoms with Gasteiger partial charge in [0.2, 0.25) is 5.91 Å². The lowest BCUT2D eigenvalue weighted by molar-refractivity contribution is -0.111. The smallest absolute Gasteiger partial charge is 0.412 e. The zero-order chi connectivity index (χ0) is 24.5. The van der Waals surface area contributed by atoms with Crippen molar-refractivity contribution in [1.29, 1.82) is 0 Å². The molecule has 3 aromatic rings. The Morgan fingerprint density at radius 3 is 2.32 bits per heavy atom. The minimum absolute atomic E-state index is 0.101. The van der Waals surface area contributed by atoms with E-state index >= 15 is 0 Å². The highest BCUT2D eigenvalue weighted by molar-refractivity contribution is 7.98. The molecule has 0 bridgehead atoms. The number of phenols is 1. The number of nitrogen functional groups attached to an aromatic ring is 1. The molecule has 0 aliphatic rings. The largest absolute Gasteiger partial charge is 0.508 e. The van der Waals surface area contributed by atoms with Crippen molar-refractivity contribution in [2.75, 3.05) is 22.6 Å². The first kappa shape index (κ1) is 24.7. The molecule has 0 saturated heterocycles. The van der Waals surface area contributed by atoms with Crippen molar-refractivity contribution < 1.29 is 19.4 Å². The third-order valence-electron chi connectivity index (χ3n) is 5.04. The van der Waals surface area contributed by atoms with Gasteiger partial charge in [-0.25, -0.2) is 4.79 Å². The number of carbonyl (C=O) groups excluding carboxylic acids is 2. The van der Waals surface area contributed by atoms with Gasteiger partial charge in [-0.1, -0.05) is 37.3 Å². The Kier molecular flexibility index (Phi) is 8.59. The normalized spacial score (nSPS) is 12.6. The zero-order valence-corrected chi connectivity index (χ0v) is 19.7. The summed E-state index contributed by atoms with van der Waals surface area (Å²) in [4.78, 5) is 26.1. The molecule has 3 aromatic carbocycles. The second-order valence-electron chi connectivity index (χ2n) is 7.57. The third kappa shape index (κ3) is 7.05. The van der Waals surface area contributed by atoms with Crippen molar-refractivity contribution in [3.8, 4) is 5.75 Å². The lowest BCUT2D eigenvalue weighted by Crippen LogP contribution is -2.21. The molecule has 0 aromatic heterocycles. The number of nitrogens with one attached hydrogen (secondary N) is 2. The molecule has 0 heterocycles. The molecule has 0 fully saturated rings. The van der Waals surface area contributed by atoms with E-state index in [2.05, 4.69) is 10.6 Å². The summed E-state index contributed by atoms with van der Waals surface area (Å²) in [7, 11) is 0. The number of thioether (sulfide) groups is 1. The number of benzene rings is 3. The Hall–Kier alpha value is -3.91. The van der Waals surface area contributed by atoms with Crippen molar-refractivity contribution in [1.82, 2.24) is 0 Å². The number of phenolic OH excluding ortho intramolecular Hbond substituents is 1. The van der Waals surface area contributed by atoms with E-state index < -0.39 is 12.2 Å². The number of hydrogen-bond acceptors (Lipinski definition) is 6. The topological polar surface area (TPSA) is 114 Å². The number of carbonyl (C=O) groups is 2. The fourth-order valence-corrected chi connectivity index (χ4v) is 3.61. The first-order valence-electron chi connectivity index (χ1n) is 10.6. The first-order chi connectivity index (χ1) is 16.4. The second-order valence-corrected chi connectivity index (χ2v) is 8.45. The van der Waals surface area contributed by atoms with Crippen LogP contribution in [-0.2, 0) is 9.53 Å². The maximum atomic E-state index is 12.6. The molecule has 0 saturated carbocycles. The van der Waals surface area contributed by atoms with Gasteiger partial charge in [-0.3, -0.25) is 10.1 Å². The van der Waals surface area contributed by atoms with Crippen LogP contribution in [0.4, 0.5) is 21.9 Å². The van der Waals surface area contributed by atoms with E-state index in [0.717, 1.165) is 4.90 Å². The Labute approximate surface area is 203 Å². The van der Waals surface area contributed by atoms with Gasteiger partial charge in [-0.15, -0.1) is 11.8 Å². The number of amides is 2. The van der Waals surface area contributed by atoms with Crippen LogP contribution in [0.25, 0.3) is 0 Å². The van der Waals surface area contributed by atoms with Gasteiger partial charge in [0, 0.05) is 16.5 Å². The predicted octanol–water partition coefficient (Wildman–Crippen LogP) is 5.82. The number of rotatable bonds is 8. The molecule has 0 spiro atoms. The molecule has 34 heavy (non-hydrogen) atoms. The van der Waals surface area contributed by atoms with Gasteiger partial charge in [0.15, 0.2) is 0 Å². The van der Waals surface area contributed by atoms with Crippen molar-refractivity contribution in [3.63, 3.8) is 0 Å². The van der Waals surface area contributed by atoms with Crippen molar-refractivity contribution in [2.45, 2.75) is 17.9 Å². The predicted molar refractivity (Wildman–Crippen MR) is 137 cm³/mol. The molecule has 8 heteroatoms. The van der Waals surface area contributed by atoms with Gasteiger partial charge in [-0.05, 0) is 66.4 Å². The van der Waals surface area contributed by atoms with Crippen LogP contribution in [-0.4, -0.2) is 23.4 Å². The van der Waals surface area contributed by atoms with Gasteiger partial charge in [-0.2, -0.15) is 0 Å². The fraction of sp³-hybridized carbons (Fsp3) is 0.154. The summed E-state index contributed by atoms with van der Waals surface area (Å²) in [6, 6.07) is 20.8. The molecule has 5 N–H and O–H groups in total. The number of aromatic hydroxyl groups is 1. The summed E-state index contributed by atoms with van der Waals surface area (Å²) < 4.78 is 5.73. The summed E-state index contributed by atoms with van der Waals surface area (Å²) in [5, 5.41) is 15.1. The number of nitrogens with two attached hydrogens (primary N) is 1. The number of anilines is 3. The molecule has 2 amide bonds. The molecule has 3 rings (SSSR count). The molecule has 0 unspecified atom stereocenters. The van der Waals surface area contributed by atoms with Crippen molar-refractivity contribution in [3.05, 3.63) is 90.5 Å². The van der Waals surface area contributed by atoms with Gasteiger partial charge in [0.25, 0.3) is 0 Å². The van der Waals surface area contributed by atoms with E-state index in [4.69, 9.17) is 10.5 Å². The average Bonchev–Trinajstić information content (AvgIpc) is 2.83. The van der Waals surface area contributed by atoms with Crippen LogP contribution < -0.4 is 16.4 Å². The summed E-state index contributed by atoms with van der Waals surface area (Å²) >= 11 is 1.61. The fourth-order valence-electron chi connectivity index (χ4n) is 3.21. The van der Waals surface area contributed by atoms with Crippen LogP contribution >= 0.6 is 11.8 Å². The Bertz CT molecular complexity index is 1150. The highest BCUT2D eigenvalue weighted by Crippen LogP contribution is 2.29. The van der Waals surface area contributed by atoms with Crippen molar-refractivity contribution in [2.24, 2.45) is 5.92 Å². The van der Waals surface area contributed by atoms with E-state index in [1.165, 1.54) is 18.2 Å². The molecule has 0 aliphatic carbocycles. The van der Waals surface area contributed by atoms with Gasteiger partial charge in [0.1, 0.15) is 11.9 Å². The van der Waals surface area contributed by atoms with Gasteiger partial charge < -0.3 is 20.9 Å².